The molecule has 1 aromatic carbocycles. The van der Waals surface area contributed by atoms with Crippen molar-refractivity contribution in [2.24, 2.45) is 40.4 Å². The van der Waals surface area contributed by atoms with Crippen molar-refractivity contribution in [1.82, 2.24) is 4.90 Å². The molecular weight excluding hydrogens is 538 g/mol. The number of piperidine rings is 1. The molecule has 9 heteroatoms. The number of aliphatic hydroxyl groups is 3. The SMILES string of the molecule is CCN1C[C@]2(COC)CC[C@H](O)[C@@]34[C@@H]5C[C@@H]6[C@@H](OC)[C@H](O)[C@@](O)([C@H]5[C@H]6OC(=O)/C=C/c5ccccc5)[C@@H]([C@H](OC)[C@H]23)[C@@H]14. The highest BCUT2D eigenvalue weighted by atomic mass is 16.6. The summed E-state index contributed by atoms with van der Waals surface area (Å²) in [6.45, 7) is 4.20. The van der Waals surface area contributed by atoms with E-state index in [1.165, 1.54) is 6.08 Å². The maximum atomic E-state index is 13.3. The Morgan fingerprint density at radius 1 is 1.07 bits per heavy atom. The summed E-state index contributed by atoms with van der Waals surface area (Å²) in [7, 11) is 4.97. The smallest absolute Gasteiger partial charge is 0.331 e. The van der Waals surface area contributed by atoms with Crippen LogP contribution in [0.2, 0.25) is 0 Å². The summed E-state index contributed by atoms with van der Waals surface area (Å²) in [6, 6.07) is 9.36. The summed E-state index contributed by atoms with van der Waals surface area (Å²) in [5.41, 5.74) is -1.63. The van der Waals surface area contributed by atoms with Crippen LogP contribution in [0, 0.1) is 40.4 Å². The number of likely N-dealkylation sites (tertiary alicyclic amines) is 1. The Balaban J connectivity index is 1.37. The minimum Gasteiger partial charge on any atom is -0.458 e. The third-order valence-corrected chi connectivity index (χ3v) is 12.6. The Kier molecular flexibility index (Phi) is 6.94. The van der Waals surface area contributed by atoms with E-state index in [1.54, 1.807) is 27.4 Å². The largest absolute Gasteiger partial charge is 0.458 e. The molecule has 1 spiro atoms. The lowest BCUT2D eigenvalue weighted by Gasteiger charge is -2.69. The van der Waals surface area contributed by atoms with Crippen LogP contribution in [0.5, 0.6) is 0 Å². The van der Waals surface area contributed by atoms with Gasteiger partial charge in [0.1, 0.15) is 17.8 Å². The first kappa shape index (κ1) is 28.9. The molecule has 6 fully saturated rings. The zero-order valence-corrected chi connectivity index (χ0v) is 25.0. The third-order valence-electron chi connectivity index (χ3n) is 12.6. The number of rotatable bonds is 8. The number of benzene rings is 1. The fourth-order valence-electron chi connectivity index (χ4n) is 11.8. The van der Waals surface area contributed by atoms with Crippen LogP contribution >= 0.6 is 0 Å². The van der Waals surface area contributed by atoms with Gasteiger partial charge >= 0.3 is 5.97 Å². The minimum absolute atomic E-state index is 0.0719. The van der Waals surface area contributed by atoms with Crippen molar-refractivity contribution in [3.8, 4) is 0 Å². The molecule has 1 saturated heterocycles. The Bertz CT molecular complexity index is 1230. The number of aliphatic hydroxyl groups excluding tert-OH is 2. The second-order valence-corrected chi connectivity index (χ2v) is 13.8. The van der Waals surface area contributed by atoms with Crippen LogP contribution in [-0.2, 0) is 23.7 Å². The predicted octanol–water partition coefficient (Wildman–Crippen LogP) is 1.74. The van der Waals surface area contributed by atoms with Gasteiger partial charge in [-0.15, -0.1) is 0 Å². The third kappa shape index (κ3) is 3.42. The van der Waals surface area contributed by atoms with Crippen LogP contribution in [0.15, 0.2) is 36.4 Å². The number of carbonyl (C=O) groups is 1. The van der Waals surface area contributed by atoms with Gasteiger partial charge in [0.25, 0.3) is 0 Å². The molecule has 7 rings (SSSR count). The summed E-state index contributed by atoms with van der Waals surface area (Å²) < 4.78 is 24.4. The quantitative estimate of drug-likeness (QED) is 0.311. The van der Waals surface area contributed by atoms with Crippen LogP contribution in [0.25, 0.3) is 6.08 Å². The molecule has 0 radical (unpaired) electrons. The molecule has 5 saturated carbocycles. The summed E-state index contributed by atoms with van der Waals surface area (Å²) >= 11 is 0. The van der Waals surface area contributed by atoms with Crippen LogP contribution in [0.1, 0.15) is 31.7 Å². The molecule has 3 N–H and O–H groups in total. The summed E-state index contributed by atoms with van der Waals surface area (Å²) in [5.74, 6) is -2.15. The van der Waals surface area contributed by atoms with E-state index in [0.29, 0.717) is 19.4 Å². The van der Waals surface area contributed by atoms with E-state index in [0.717, 1.165) is 25.1 Å². The van der Waals surface area contributed by atoms with Gasteiger partial charge in [-0.3, -0.25) is 4.90 Å². The zero-order valence-electron chi connectivity index (χ0n) is 25.0. The van der Waals surface area contributed by atoms with Crippen molar-refractivity contribution in [2.75, 3.05) is 41.0 Å². The molecule has 42 heavy (non-hydrogen) atoms. The van der Waals surface area contributed by atoms with E-state index in [9.17, 15) is 20.1 Å². The van der Waals surface area contributed by atoms with Gasteiger partial charge in [-0.1, -0.05) is 37.3 Å². The van der Waals surface area contributed by atoms with Crippen molar-refractivity contribution >= 4 is 12.0 Å². The van der Waals surface area contributed by atoms with Crippen molar-refractivity contribution in [3.05, 3.63) is 42.0 Å². The first-order valence-electron chi connectivity index (χ1n) is 15.5. The number of esters is 1. The van der Waals surface area contributed by atoms with Gasteiger partial charge in [-0.05, 0) is 43.4 Å². The van der Waals surface area contributed by atoms with Crippen LogP contribution < -0.4 is 0 Å². The fraction of sp³-hybridized carbons (Fsp3) is 0.727. The average Bonchev–Trinajstić information content (AvgIpc) is 3.43. The summed E-state index contributed by atoms with van der Waals surface area (Å²) in [6.07, 6.45) is 1.57. The summed E-state index contributed by atoms with van der Waals surface area (Å²) in [4.78, 5) is 15.7. The molecule has 0 aromatic heterocycles. The van der Waals surface area contributed by atoms with Crippen LogP contribution in [-0.4, -0.2) is 109 Å². The van der Waals surface area contributed by atoms with E-state index in [1.807, 2.05) is 30.3 Å². The van der Waals surface area contributed by atoms with Gasteiger partial charge in [0.05, 0.1) is 24.9 Å². The molecule has 1 heterocycles. The van der Waals surface area contributed by atoms with Crippen molar-refractivity contribution in [1.29, 1.82) is 0 Å². The number of ether oxygens (including phenoxy) is 4. The minimum atomic E-state index is -1.64. The van der Waals surface area contributed by atoms with E-state index in [-0.39, 0.29) is 29.2 Å². The average molecular weight is 584 g/mol. The van der Waals surface area contributed by atoms with Gasteiger partial charge in [0, 0.05) is 74.5 Å². The molecule has 1 aliphatic heterocycles. The molecule has 230 valence electrons. The van der Waals surface area contributed by atoms with E-state index >= 15 is 0 Å². The lowest BCUT2D eigenvalue weighted by molar-refractivity contribution is -0.298. The first-order valence-corrected chi connectivity index (χ1v) is 15.5. The lowest BCUT2D eigenvalue weighted by atomic mass is 9.43. The number of hydrogen-bond acceptors (Lipinski definition) is 9. The van der Waals surface area contributed by atoms with E-state index in [4.69, 9.17) is 18.9 Å². The molecule has 5 aliphatic carbocycles. The fourth-order valence-corrected chi connectivity index (χ4v) is 11.8. The lowest BCUT2D eigenvalue weighted by Crippen LogP contribution is -2.78. The number of methoxy groups -OCH3 is 3. The van der Waals surface area contributed by atoms with E-state index < -0.39 is 59.3 Å². The number of hydrogen-bond donors (Lipinski definition) is 3. The van der Waals surface area contributed by atoms with Gasteiger partial charge in [-0.2, -0.15) is 0 Å². The topological polar surface area (TPSA) is 118 Å². The predicted molar refractivity (Wildman–Crippen MR) is 153 cm³/mol. The maximum absolute atomic E-state index is 13.3. The molecule has 0 amide bonds. The monoisotopic (exact) mass is 583 g/mol. The molecule has 7 bridgehead atoms. The Labute approximate surface area is 247 Å². The Morgan fingerprint density at radius 2 is 1.81 bits per heavy atom. The molecule has 1 aromatic rings. The van der Waals surface area contributed by atoms with Crippen LogP contribution in [0.4, 0.5) is 0 Å². The van der Waals surface area contributed by atoms with Gasteiger partial charge in [0.15, 0.2) is 0 Å². The summed E-state index contributed by atoms with van der Waals surface area (Å²) in [5, 5.41) is 37.3. The van der Waals surface area contributed by atoms with Gasteiger partial charge in [-0.25, -0.2) is 4.79 Å². The highest BCUT2D eigenvalue weighted by molar-refractivity contribution is 5.87. The second kappa shape index (κ2) is 10.1. The second-order valence-electron chi connectivity index (χ2n) is 13.8. The Morgan fingerprint density at radius 3 is 2.48 bits per heavy atom. The zero-order chi connectivity index (χ0) is 29.6. The van der Waals surface area contributed by atoms with Gasteiger partial charge in [0.2, 0.25) is 0 Å². The number of fused-ring (bicyclic) bond motifs is 2. The molecule has 9 nitrogen and oxygen atoms in total. The van der Waals surface area contributed by atoms with Crippen molar-refractivity contribution in [3.63, 3.8) is 0 Å². The number of carbonyl (C=O) groups excluding carboxylic acids is 1. The number of nitrogens with zero attached hydrogens (tertiary/aromatic N) is 1. The van der Waals surface area contributed by atoms with Crippen molar-refractivity contribution in [2.45, 2.75) is 68.3 Å². The molecule has 0 unspecified atom stereocenters. The van der Waals surface area contributed by atoms with E-state index in [2.05, 4.69) is 11.8 Å². The highest BCUT2D eigenvalue weighted by Crippen LogP contribution is 2.79. The normalized spacial score (nSPS) is 50.3. The van der Waals surface area contributed by atoms with Crippen LogP contribution in [0.3, 0.4) is 0 Å². The maximum Gasteiger partial charge on any atom is 0.331 e. The highest BCUT2D eigenvalue weighted by Gasteiger charge is 2.88. The molecular formula is C33H45NO8. The molecule has 14 atom stereocenters. The standard InChI is InChI=1S/C33H45NO8/c1-5-34-16-31(17-39-2)14-13-21(35)32-20-15-19-25(42-22(36)12-11-18-9-7-6-8-10-18)23(20)33(38,30(37)26(19)40-3)24(29(32)34)27(41-4)28(31)32/h6-12,19-21,23-30,35,37-38H,5,13-17H2,1-4H3/b12-11+/t19-,20+,21-,23+,24-,25-,26+,27-,28+,29+,30-,31-,32-,33+/m0/s1. The first-order chi connectivity index (χ1) is 20.2. The van der Waals surface area contributed by atoms with Gasteiger partial charge < -0.3 is 34.3 Å². The van der Waals surface area contributed by atoms with Crippen molar-refractivity contribution < 1.29 is 39.1 Å². The molecule has 6 aliphatic rings. The Hall–Kier alpha value is -1.85.